The van der Waals surface area contributed by atoms with E-state index in [1.54, 1.807) is 24.9 Å². The molecule has 3 heterocycles. The van der Waals surface area contributed by atoms with Crippen molar-refractivity contribution in [1.82, 2.24) is 29.3 Å². The third-order valence-corrected chi connectivity index (χ3v) is 5.76. The molecule has 0 aliphatic heterocycles. The molecule has 31 heavy (non-hydrogen) atoms. The van der Waals surface area contributed by atoms with Crippen LogP contribution >= 0.6 is 0 Å². The van der Waals surface area contributed by atoms with Crippen molar-refractivity contribution in [2.75, 3.05) is 5.32 Å². The van der Waals surface area contributed by atoms with E-state index in [-0.39, 0.29) is 7.33 Å². The molecule has 0 unspecified atom stereocenters. The molecule has 0 bridgehead atoms. The number of carbonyl (C=O) groups excluding carboxylic acids is 1. The van der Waals surface area contributed by atoms with E-state index in [0.29, 0.717) is 23.3 Å². The molecular formula is C23H23N7O. The zero-order valence-corrected chi connectivity index (χ0v) is 16.8. The van der Waals surface area contributed by atoms with Crippen molar-refractivity contribution >= 4 is 11.6 Å². The highest BCUT2D eigenvalue weighted by Crippen LogP contribution is 2.39. The van der Waals surface area contributed by atoms with Gasteiger partial charge in [0.2, 0.25) is 0 Å². The van der Waals surface area contributed by atoms with Gasteiger partial charge in [0, 0.05) is 37.0 Å². The number of nitrogens with one attached hydrogen (secondary N) is 1. The van der Waals surface area contributed by atoms with Crippen molar-refractivity contribution in [3.05, 3.63) is 72.8 Å². The fourth-order valence-electron chi connectivity index (χ4n) is 3.77. The summed E-state index contributed by atoms with van der Waals surface area (Å²) in [6.45, 7) is 0. The molecule has 4 aromatic rings. The van der Waals surface area contributed by atoms with Crippen LogP contribution in [0.5, 0.6) is 0 Å². The Morgan fingerprint density at radius 2 is 1.97 bits per heavy atom. The van der Waals surface area contributed by atoms with E-state index in [1.165, 1.54) is 12.8 Å². The molecule has 0 radical (unpaired) electrons. The van der Waals surface area contributed by atoms with Gasteiger partial charge in [0.1, 0.15) is 12.0 Å². The Morgan fingerprint density at radius 1 is 1.06 bits per heavy atom. The molecule has 8 nitrogen and oxygen atoms in total. The van der Waals surface area contributed by atoms with Gasteiger partial charge in [-0.15, -0.1) is 10.2 Å². The SMILES string of the molecule is O=C(Nc1cccc(-c2nncn2C2CC2)c1)c1cc(-n2cnc(C3CC3)c2)ccn1.[HH]. The first-order valence-electron chi connectivity index (χ1n) is 10.6. The van der Waals surface area contributed by atoms with E-state index in [2.05, 4.69) is 30.0 Å². The fraction of sp³-hybridized carbons (Fsp3) is 0.261. The lowest BCUT2D eigenvalue weighted by atomic mass is 10.2. The van der Waals surface area contributed by atoms with Crippen LogP contribution in [0, 0.1) is 0 Å². The Balaban J connectivity index is 0.00000216. The van der Waals surface area contributed by atoms with E-state index >= 15 is 0 Å². The lowest BCUT2D eigenvalue weighted by Crippen LogP contribution is -2.14. The van der Waals surface area contributed by atoms with Crippen LogP contribution in [-0.2, 0) is 0 Å². The van der Waals surface area contributed by atoms with E-state index in [4.69, 9.17) is 0 Å². The summed E-state index contributed by atoms with van der Waals surface area (Å²) in [4.78, 5) is 21.6. The maximum absolute atomic E-state index is 12.9. The van der Waals surface area contributed by atoms with Gasteiger partial charge in [0.25, 0.3) is 5.91 Å². The number of hydrogen-bond donors (Lipinski definition) is 1. The van der Waals surface area contributed by atoms with Crippen molar-refractivity contribution in [3.63, 3.8) is 0 Å². The molecule has 1 aromatic carbocycles. The van der Waals surface area contributed by atoms with Crippen LogP contribution in [0.15, 0.2) is 61.4 Å². The normalized spacial score (nSPS) is 15.7. The number of amides is 1. The van der Waals surface area contributed by atoms with Gasteiger partial charge in [-0.2, -0.15) is 0 Å². The van der Waals surface area contributed by atoms with E-state index in [9.17, 15) is 4.79 Å². The summed E-state index contributed by atoms with van der Waals surface area (Å²) in [5.74, 6) is 1.15. The summed E-state index contributed by atoms with van der Waals surface area (Å²) < 4.78 is 4.05. The van der Waals surface area contributed by atoms with Gasteiger partial charge in [-0.25, -0.2) is 4.98 Å². The zero-order valence-electron chi connectivity index (χ0n) is 16.8. The number of nitrogens with zero attached hydrogens (tertiary/aromatic N) is 6. The second-order valence-electron chi connectivity index (χ2n) is 8.21. The van der Waals surface area contributed by atoms with Crippen LogP contribution in [0.2, 0.25) is 0 Å². The highest BCUT2D eigenvalue weighted by atomic mass is 16.1. The minimum atomic E-state index is -0.259. The maximum atomic E-state index is 12.9. The number of hydrogen-bond acceptors (Lipinski definition) is 5. The lowest BCUT2D eigenvalue weighted by molar-refractivity contribution is 0.102. The first-order chi connectivity index (χ1) is 15.2. The predicted molar refractivity (Wildman–Crippen MR) is 117 cm³/mol. The van der Waals surface area contributed by atoms with Crippen LogP contribution in [0.1, 0.15) is 55.3 Å². The second kappa shape index (κ2) is 7.16. The molecule has 2 saturated carbocycles. The third kappa shape index (κ3) is 3.61. The number of imidazole rings is 1. The molecule has 0 spiro atoms. The molecule has 1 amide bonds. The second-order valence-corrected chi connectivity index (χ2v) is 8.21. The van der Waals surface area contributed by atoms with E-state index in [0.717, 1.165) is 35.6 Å². The molecule has 1 N–H and O–H groups in total. The average molecular weight is 413 g/mol. The number of benzene rings is 1. The van der Waals surface area contributed by atoms with Gasteiger partial charge in [-0.05, 0) is 49.9 Å². The lowest BCUT2D eigenvalue weighted by Gasteiger charge is -2.09. The van der Waals surface area contributed by atoms with Crippen molar-refractivity contribution in [3.8, 4) is 17.1 Å². The largest absolute Gasteiger partial charge is 0.321 e. The molecule has 0 saturated heterocycles. The Morgan fingerprint density at radius 3 is 2.81 bits per heavy atom. The van der Waals surface area contributed by atoms with Crippen molar-refractivity contribution in [2.45, 2.75) is 37.6 Å². The number of carbonyl (C=O) groups is 1. The first-order valence-corrected chi connectivity index (χ1v) is 10.6. The number of pyridine rings is 1. The van der Waals surface area contributed by atoms with Crippen LogP contribution in [0.3, 0.4) is 0 Å². The first kappa shape index (κ1) is 18.0. The number of rotatable bonds is 6. The Labute approximate surface area is 180 Å². The summed E-state index contributed by atoms with van der Waals surface area (Å²) in [5.41, 5.74) is 3.95. The predicted octanol–water partition coefficient (Wildman–Crippen LogP) is 4.24. The Kier molecular flexibility index (Phi) is 4.15. The van der Waals surface area contributed by atoms with Crippen LogP contribution < -0.4 is 5.32 Å². The molecule has 6 rings (SSSR count). The summed E-state index contributed by atoms with van der Waals surface area (Å²) in [6, 6.07) is 11.8. The van der Waals surface area contributed by atoms with Crippen molar-refractivity contribution < 1.29 is 6.22 Å². The molecule has 2 aliphatic carbocycles. The Hall–Kier alpha value is -3.81. The minimum absolute atomic E-state index is 0. The van der Waals surface area contributed by atoms with Gasteiger partial charge in [0.15, 0.2) is 5.82 Å². The van der Waals surface area contributed by atoms with Gasteiger partial charge in [-0.3, -0.25) is 9.78 Å². The van der Waals surface area contributed by atoms with E-state index < -0.39 is 0 Å². The number of aromatic nitrogens is 6. The summed E-state index contributed by atoms with van der Waals surface area (Å²) in [7, 11) is 0. The standard InChI is InChI=1S/C23H21N7O.H2/c31-23(20-11-19(8-9-24-20)29-12-21(25-13-29)15-4-5-15)27-17-3-1-2-16(10-17)22-28-26-14-30(22)18-6-7-18;/h1-3,8-15,18H,4-7H2,(H,27,31);1H. The van der Waals surface area contributed by atoms with Crippen molar-refractivity contribution in [1.29, 1.82) is 0 Å². The molecule has 3 aromatic heterocycles. The average Bonchev–Trinajstić information content (AvgIpc) is 3.73. The Bertz CT molecular complexity index is 1270. The van der Waals surface area contributed by atoms with Crippen molar-refractivity contribution in [2.24, 2.45) is 0 Å². The van der Waals surface area contributed by atoms with Crippen LogP contribution in [0.4, 0.5) is 5.69 Å². The molecule has 2 aliphatic rings. The maximum Gasteiger partial charge on any atom is 0.274 e. The molecule has 0 atom stereocenters. The molecule has 2 fully saturated rings. The summed E-state index contributed by atoms with van der Waals surface area (Å²) in [6.07, 6.45) is 12.0. The topological polar surface area (TPSA) is 90.5 Å². The van der Waals surface area contributed by atoms with Gasteiger partial charge < -0.3 is 14.5 Å². The minimum Gasteiger partial charge on any atom is -0.321 e. The zero-order chi connectivity index (χ0) is 20.8. The summed E-state index contributed by atoms with van der Waals surface area (Å²) in [5, 5.41) is 11.3. The molecule has 8 heteroatoms. The number of anilines is 1. The van der Waals surface area contributed by atoms with Crippen LogP contribution in [0.25, 0.3) is 17.1 Å². The molecular weight excluding hydrogens is 390 g/mol. The highest BCUT2D eigenvalue weighted by molar-refractivity contribution is 6.03. The summed E-state index contributed by atoms with van der Waals surface area (Å²) >= 11 is 0. The van der Waals surface area contributed by atoms with Crippen LogP contribution in [-0.4, -0.2) is 35.2 Å². The monoisotopic (exact) mass is 413 g/mol. The smallest absolute Gasteiger partial charge is 0.274 e. The highest BCUT2D eigenvalue weighted by Gasteiger charge is 2.27. The van der Waals surface area contributed by atoms with Gasteiger partial charge >= 0.3 is 0 Å². The molecule has 156 valence electrons. The van der Waals surface area contributed by atoms with E-state index in [1.807, 2.05) is 41.1 Å². The van der Waals surface area contributed by atoms with Gasteiger partial charge in [-0.1, -0.05) is 12.1 Å². The fourth-order valence-corrected chi connectivity index (χ4v) is 3.77. The van der Waals surface area contributed by atoms with Gasteiger partial charge in [0.05, 0.1) is 17.7 Å². The quantitative estimate of drug-likeness (QED) is 0.511. The third-order valence-electron chi connectivity index (χ3n) is 5.76.